The van der Waals surface area contributed by atoms with E-state index in [1.807, 2.05) is 50.2 Å². The second kappa shape index (κ2) is 11.8. The highest BCUT2D eigenvalue weighted by Gasteiger charge is 2.30. The molecule has 4 rings (SSSR count). The van der Waals surface area contributed by atoms with Gasteiger partial charge in [0.1, 0.15) is 0 Å². The Morgan fingerprint density at radius 1 is 0.974 bits per heavy atom. The van der Waals surface area contributed by atoms with Crippen molar-refractivity contribution in [3.8, 4) is 11.3 Å². The van der Waals surface area contributed by atoms with Crippen molar-refractivity contribution in [2.45, 2.75) is 13.0 Å². The Bertz CT molecular complexity index is 1370. The summed E-state index contributed by atoms with van der Waals surface area (Å²) in [5, 5.41) is 5.05. The van der Waals surface area contributed by atoms with E-state index in [9.17, 15) is 13.6 Å². The highest BCUT2D eigenvalue weighted by molar-refractivity contribution is 6.06. The molecule has 2 amide bonds. The summed E-state index contributed by atoms with van der Waals surface area (Å²) in [4.78, 5) is 29.8. The minimum Gasteiger partial charge on any atom is -0.308 e. The minimum atomic E-state index is -3.20. The lowest BCUT2D eigenvalue weighted by Gasteiger charge is -2.24. The van der Waals surface area contributed by atoms with Crippen LogP contribution >= 0.6 is 0 Å². The van der Waals surface area contributed by atoms with E-state index in [1.54, 1.807) is 36.8 Å². The SMILES string of the molecule is Cc1ccccc1N(C(=O)Nc1ccc(C(F)(F)NCCN(C)C)cc1)c1nccc(-c2cccnc2)n1. The quantitative estimate of drug-likeness (QED) is 0.289. The number of para-hydroxylation sites is 1. The number of aromatic nitrogens is 3. The fourth-order valence-corrected chi connectivity index (χ4v) is 3.73. The number of hydrogen-bond donors (Lipinski definition) is 2. The fraction of sp³-hybridized carbons (Fsp3) is 0.214. The zero-order valence-electron chi connectivity index (χ0n) is 21.4. The molecule has 4 aromatic rings. The van der Waals surface area contributed by atoms with Gasteiger partial charge in [-0.1, -0.05) is 18.2 Å². The number of pyridine rings is 1. The first-order valence-electron chi connectivity index (χ1n) is 12.0. The van der Waals surface area contributed by atoms with Crippen LogP contribution in [0.3, 0.4) is 0 Å². The summed E-state index contributed by atoms with van der Waals surface area (Å²) >= 11 is 0. The number of benzene rings is 2. The van der Waals surface area contributed by atoms with Gasteiger partial charge in [-0.05, 0) is 75.1 Å². The van der Waals surface area contributed by atoms with Gasteiger partial charge in [-0.15, -0.1) is 0 Å². The van der Waals surface area contributed by atoms with Crippen molar-refractivity contribution in [3.63, 3.8) is 0 Å². The number of nitrogens with one attached hydrogen (secondary N) is 2. The molecule has 8 nitrogen and oxygen atoms in total. The number of likely N-dealkylation sites (N-methyl/N-ethyl adjacent to an activating group) is 1. The van der Waals surface area contributed by atoms with Gasteiger partial charge < -0.3 is 10.2 Å². The van der Waals surface area contributed by atoms with E-state index in [4.69, 9.17) is 0 Å². The number of alkyl halides is 2. The maximum Gasteiger partial charge on any atom is 0.333 e. The molecular formula is C28H29F2N7O. The van der Waals surface area contributed by atoms with Crippen LogP contribution < -0.4 is 15.5 Å². The molecule has 2 heterocycles. The number of carbonyl (C=O) groups excluding carboxylic acids is 1. The Morgan fingerprint density at radius 3 is 2.42 bits per heavy atom. The smallest absolute Gasteiger partial charge is 0.308 e. The summed E-state index contributed by atoms with van der Waals surface area (Å²) in [7, 11) is 3.63. The summed E-state index contributed by atoms with van der Waals surface area (Å²) < 4.78 is 29.1. The number of halogens is 2. The Hall–Kier alpha value is -4.28. The Morgan fingerprint density at radius 2 is 1.74 bits per heavy atom. The predicted octanol–water partition coefficient (Wildman–Crippen LogP) is 5.42. The molecule has 0 unspecified atom stereocenters. The molecule has 0 bridgehead atoms. The third-order valence-electron chi connectivity index (χ3n) is 5.76. The summed E-state index contributed by atoms with van der Waals surface area (Å²) in [5.74, 6) is 0.159. The van der Waals surface area contributed by atoms with Crippen molar-refractivity contribution in [3.05, 3.63) is 96.4 Å². The van der Waals surface area contributed by atoms with E-state index in [2.05, 4.69) is 25.6 Å². The van der Waals surface area contributed by atoms with Crippen LogP contribution in [0, 0.1) is 6.92 Å². The third-order valence-corrected chi connectivity index (χ3v) is 5.76. The summed E-state index contributed by atoms with van der Waals surface area (Å²) in [5.41, 5.74) is 2.94. The van der Waals surface area contributed by atoms with E-state index >= 15 is 0 Å². The lowest BCUT2D eigenvalue weighted by molar-refractivity contribution is -0.0417. The lowest BCUT2D eigenvalue weighted by atomic mass is 10.1. The van der Waals surface area contributed by atoms with Crippen LogP contribution in [0.5, 0.6) is 0 Å². The number of hydrogen-bond acceptors (Lipinski definition) is 6. The molecule has 0 saturated carbocycles. The normalized spacial score (nSPS) is 11.4. The number of aryl methyl sites for hydroxylation is 1. The number of rotatable bonds is 9. The highest BCUT2D eigenvalue weighted by atomic mass is 19.3. The van der Waals surface area contributed by atoms with Crippen molar-refractivity contribution in [2.24, 2.45) is 0 Å². The van der Waals surface area contributed by atoms with Crippen LogP contribution in [0.1, 0.15) is 11.1 Å². The summed E-state index contributed by atoms with van der Waals surface area (Å²) in [6.45, 7) is 2.48. The van der Waals surface area contributed by atoms with Crippen molar-refractivity contribution >= 4 is 23.4 Å². The van der Waals surface area contributed by atoms with Crippen LogP contribution in [0.15, 0.2) is 85.3 Å². The molecule has 0 atom stereocenters. The van der Waals surface area contributed by atoms with Crippen molar-refractivity contribution in [1.82, 2.24) is 25.2 Å². The molecule has 0 fully saturated rings. The predicted molar refractivity (Wildman–Crippen MR) is 144 cm³/mol. The zero-order valence-corrected chi connectivity index (χ0v) is 21.4. The van der Waals surface area contributed by atoms with E-state index in [0.717, 1.165) is 11.1 Å². The van der Waals surface area contributed by atoms with Crippen LogP contribution in [-0.2, 0) is 6.05 Å². The van der Waals surface area contributed by atoms with Crippen molar-refractivity contribution in [1.29, 1.82) is 0 Å². The van der Waals surface area contributed by atoms with Crippen LogP contribution in [0.2, 0.25) is 0 Å². The van der Waals surface area contributed by atoms with Crippen LogP contribution in [0.4, 0.5) is 30.9 Å². The third kappa shape index (κ3) is 6.53. The maximum absolute atomic E-state index is 14.5. The number of anilines is 3. The van der Waals surface area contributed by atoms with Gasteiger partial charge in [0.15, 0.2) is 0 Å². The second-order valence-electron chi connectivity index (χ2n) is 8.92. The van der Waals surface area contributed by atoms with Gasteiger partial charge in [-0.2, -0.15) is 8.78 Å². The molecule has 196 valence electrons. The van der Waals surface area contributed by atoms with Gasteiger partial charge in [-0.3, -0.25) is 10.3 Å². The van der Waals surface area contributed by atoms with Gasteiger partial charge in [-0.25, -0.2) is 19.7 Å². The molecular weight excluding hydrogens is 488 g/mol. The van der Waals surface area contributed by atoms with E-state index < -0.39 is 12.1 Å². The van der Waals surface area contributed by atoms with Crippen molar-refractivity contribution in [2.75, 3.05) is 37.4 Å². The molecule has 0 saturated heterocycles. The first-order valence-corrected chi connectivity index (χ1v) is 12.0. The first kappa shape index (κ1) is 26.8. The number of amides is 2. The lowest BCUT2D eigenvalue weighted by Crippen LogP contribution is -2.38. The van der Waals surface area contributed by atoms with E-state index in [1.165, 1.54) is 29.2 Å². The summed E-state index contributed by atoms with van der Waals surface area (Å²) in [6.07, 6.45) is 4.92. The van der Waals surface area contributed by atoms with E-state index in [0.29, 0.717) is 23.6 Å². The molecule has 0 aliphatic heterocycles. The second-order valence-corrected chi connectivity index (χ2v) is 8.92. The molecule has 0 aliphatic carbocycles. The minimum absolute atomic E-state index is 0.127. The van der Waals surface area contributed by atoms with E-state index in [-0.39, 0.29) is 18.1 Å². The fourth-order valence-electron chi connectivity index (χ4n) is 3.73. The molecule has 10 heteroatoms. The average Bonchev–Trinajstić information content (AvgIpc) is 2.91. The molecule has 38 heavy (non-hydrogen) atoms. The topological polar surface area (TPSA) is 86.3 Å². The Labute approximate surface area is 220 Å². The zero-order chi connectivity index (χ0) is 27.1. The van der Waals surface area contributed by atoms with Gasteiger partial charge in [0, 0.05) is 48.5 Å². The van der Waals surface area contributed by atoms with Crippen LogP contribution in [-0.4, -0.2) is 53.1 Å². The number of urea groups is 1. The number of nitrogens with zero attached hydrogens (tertiary/aromatic N) is 5. The van der Waals surface area contributed by atoms with Gasteiger partial charge in [0.2, 0.25) is 5.95 Å². The largest absolute Gasteiger partial charge is 0.333 e. The van der Waals surface area contributed by atoms with Crippen molar-refractivity contribution < 1.29 is 13.6 Å². The molecule has 0 aliphatic rings. The maximum atomic E-state index is 14.5. The van der Waals surface area contributed by atoms with Gasteiger partial charge in [0.25, 0.3) is 0 Å². The molecule has 0 spiro atoms. The first-order chi connectivity index (χ1) is 18.2. The average molecular weight is 518 g/mol. The standard InChI is InChI=1S/C28H29F2N7O/c1-20-7-4-5-9-25(20)37(26-32-16-14-24(35-26)21-8-6-15-31-19-21)27(38)34-23-12-10-22(11-13-23)28(29,30)33-17-18-36(2)3/h4-16,19,33H,17-18H2,1-3H3,(H,34,38). The molecule has 0 radical (unpaired) electrons. The molecule has 2 aromatic heterocycles. The number of carbonyl (C=O) groups is 1. The van der Waals surface area contributed by atoms with Crippen LogP contribution in [0.25, 0.3) is 11.3 Å². The monoisotopic (exact) mass is 517 g/mol. The highest BCUT2D eigenvalue weighted by Crippen LogP contribution is 2.29. The van der Waals surface area contributed by atoms with Gasteiger partial charge in [0.05, 0.1) is 11.4 Å². The molecule has 2 N–H and O–H groups in total. The Balaban J connectivity index is 1.59. The van der Waals surface area contributed by atoms with Gasteiger partial charge >= 0.3 is 12.1 Å². The Kier molecular flexibility index (Phi) is 8.35. The summed E-state index contributed by atoms with van der Waals surface area (Å²) in [6, 6.07) is 14.5. The molecule has 2 aromatic carbocycles.